The van der Waals surface area contributed by atoms with Crippen LogP contribution in [0, 0.1) is 10.1 Å². The third-order valence-electron chi connectivity index (χ3n) is 7.55. The number of allylic oxidation sites excluding steroid dienone is 1. The monoisotopic (exact) mass is 587 g/mol. The first-order chi connectivity index (χ1) is 19.8. The number of nitrogens with one attached hydrogen (secondary N) is 1. The van der Waals surface area contributed by atoms with Crippen LogP contribution in [0.4, 0.5) is 23.0 Å². The molecule has 0 amide bonds. The number of anilines is 3. The molecule has 0 bridgehead atoms. The van der Waals surface area contributed by atoms with E-state index in [0.717, 1.165) is 28.7 Å². The summed E-state index contributed by atoms with van der Waals surface area (Å²) in [5, 5.41) is 17.7. The van der Waals surface area contributed by atoms with Crippen LogP contribution in [0.2, 0.25) is 19.6 Å². The summed E-state index contributed by atoms with van der Waals surface area (Å²) in [6, 6.07) is 11.5. The van der Waals surface area contributed by atoms with Crippen molar-refractivity contribution in [2.45, 2.75) is 26.6 Å². The lowest BCUT2D eigenvalue weighted by atomic mass is 10.1. The van der Waals surface area contributed by atoms with Crippen LogP contribution in [0.25, 0.3) is 28.2 Å². The molecule has 0 saturated carbocycles. The van der Waals surface area contributed by atoms with E-state index in [1.807, 2.05) is 44.1 Å². The molecule has 2 aromatic carbocycles. The first kappa shape index (κ1) is 30.7. The number of ether oxygens (including phenoxy) is 1. The lowest BCUT2D eigenvalue weighted by Gasteiger charge is -2.22. The number of nitrogens with zero attached hydrogens (tertiary/aromatic N) is 6. The number of nitro benzene ring substituents is 1. The lowest BCUT2D eigenvalue weighted by molar-refractivity contribution is -0.384. The van der Waals surface area contributed by atoms with Gasteiger partial charge in [0.05, 0.1) is 31.5 Å². The molecule has 0 spiro atoms. The zero-order valence-electron chi connectivity index (χ0n) is 26.0. The Morgan fingerprint density at radius 1 is 1.14 bits per heavy atom. The van der Waals surface area contributed by atoms with E-state index in [4.69, 9.17) is 9.72 Å². The number of aryl methyl sites for hydroxylation is 1. The molecule has 222 valence electrons. The SMILES string of the molecule is COc1cc(N(C)CCN(C)C)c([N+](=O)[O-])cc1Nc1nccc(-c2cn(C)c3cc(/C=C(/C)[Si](C)(C)C)ccc23)n1. The highest BCUT2D eigenvalue weighted by atomic mass is 28.3. The number of rotatable bonds is 11. The molecule has 0 unspecified atom stereocenters. The van der Waals surface area contributed by atoms with Gasteiger partial charge in [-0.1, -0.05) is 43.0 Å². The minimum absolute atomic E-state index is 0.0287. The van der Waals surface area contributed by atoms with Crippen molar-refractivity contribution in [1.29, 1.82) is 0 Å². The zero-order chi connectivity index (χ0) is 30.8. The summed E-state index contributed by atoms with van der Waals surface area (Å²) in [5.74, 6) is 0.775. The van der Waals surface area contributed by atoms with E-state index >= 15 is 0 Å². The molecule has 1 N–H and O–H groups in total. The molecule has 4 rings (SSSR count). The van der Waals surface area contributed by atoms with Crippen LogP contribution in [0.1, 0.15) is 12.5 Å². The third kappa shape index (κ3) is 6.80. The van der Waals surface area contributed by atoms with Crippen LogP contribution in [0.5, 0.6) is 5.75 Å². The van der Waals surface area contributed by atoms with E-state index in [1.54, 1.807) is 12.3 Å². The number of fused-ring (bicyclic) bond motifs is 1. The highest BCUT2D eigenvalue weighted by Crippen LogP contribution is 2.39. The van der Waals surface area contributed by atoms with Gasteiger partial charge in [0.1, 0.15) is 11.4 Å². The zero-order valence-corrected chi connectivity index (χ0v) is 27.0. The summed E-state index contributed by atoms with van der Waals surface area (Å²) in [5.41, 5.74) is 4.88. The molecule has 0 atom stereocenters. The van der Waals surface area contributed by atoms with E-state index in [9.17, 15) is 10.1 Å². The number of aromatic nitrogens is 3. The predicted molar refractivity (Wildman–Crippen MR) is 176 cm³/mol. The van der Waals surface area contributed by atoms with Gasteiger partial charge in [-0.05, 0) is 38.7 Å². The number of hydrogen-bond donors (Lipinski definition) is 1. The fourth-order valence-corrected chi connectivity index (χ4v) is 5.20. The molecule has 4 aromatic rings. The minimum atomic E-state index is -1.36. The Balaban J connectivity index is 1.68. The van der Waals surface area contributed by atoms with Gasteiger partial charge in [0.25, 0.3) is 5.69 Å². The van der Waals surface area contributed by atoms with E-state index in [2.05, 4.69) is 71.9 Å². The Kier molecular flexibility index (Phi) is 9.02. The van der Waals surface area contributed by atoms with Crippen molar-refractivity contribution in [3.63, 3.8) is 0 Å². The topological polar surface area (TPSA) is 102 Å². The second-order valence-corrected chi connectivity index (χ2v) is 17.2. The maximum absolute atomic E-state index is 12.0. The molecule has 2 heterocycles. The molecule has 0 aliphatic carbocycles. The van der Waals surface area contributed by atoms with Crippen LogP contribution >= 0.6 is 0 Å². The highest BCUT2D eigenvalue weighted by Gasteiger charge is 2.23. The average Bonchev–Trinajstić information content (AvgIpc) is 3.26. The third-order valence-corrected chi connectivity index (χ3v) is 10.1. The van der Waals surface area contributed by atoms with Gasteiger partial charge in [0.15, 0.2) is 0 Å². The normalized spacial score (nSPS) is 12.2. The van der Waals surface area contributed by atoms with E-state index < -0.39 is 8.07 Å². The summed E-state index contributed by atoms with van der Waals surface area (Å²) >= 11 is 0. The summed E-state index contributed by atoms with van der Waals surface area (Å²) in [7, 11) is 7.98. The Morgan fingerprint density at radius 3 is 2.52 bits per heavy atom. The number of hydrogen-bond acceptors (Lipinski definition) is 8. The van der Waals surface area contributed by atoms with E-state index in [0.29, 0.717) is 29.6 Å². The van der Waals surface area contributed by atoms with Gasteiger partial charge in [-0.25, -0.2) is 9.97 Å². The molecule has 0 aliphatic heterocycles. The number of benzene rings is 2. The molecular weight excluding hydrogens is 546 g/mol. The molecule has 0 radical (unpaired) electrons. The maximum atomic E-state index is 12.0. The second kappa shape index (κ2) is 12.3. The van der Waals surface area contributed by atoms with Gasteiger partial charge in [-0.15, -0.1) is 0 Å². The van der Waals surface area contributed by atoms with Gasteiger partial charge in [0.2, 0.25) is 5.95 Å². The molecule has 0 aliphatic rings. The fourth-order valence-electron chi connectivity index (χ4n) is 4.60. The van der Waals surface area contributed by atoms with Crippen molar-refractivity contribution >= 4 is 48.1 Å². The van der Waals surface area contributed by atoms with Crippen LogP contribution in [0.15, 0.2) is 54.0 Å². The van der Waals surface area contributed by atoms with Crippen molar-refractivity contribution < 1.29 is 9.66 Å². The second-order valence-electron chi connectivity index (χ2n) is 11.9. The van der Waals surface area contributed by atoms with Crippen LogP contribution in [0.3, 0.4) is 0 Å². The molecule has 0 fully saturated rings. The van der Waals surface area contributed by atoms with Gasteiger partial charge < -0.3 is 24.4 Å². The van der Waals surface area contributed by atoms with Crippen molar-refractivity contribution in [3.8, 4) is 17.0 Å². The Morgan fingerprint density at radius 2 is 1.88 bits per heavy atom. The Bertz CT molecular complexity index is 1640. The van der Waals surface area contributed by atoms with Crippen LogP contribution in [-0.4, -0.2) is 73.8 Å². The molecular formula is C31H41N7O3Si. The summed E-state index contributed by atoms with van der Waals surface area (Å²) < 4.78 is 7.73. The molecule has 2 aromatic heterocycles. The van der Waals surface area contributed by atoms with Gasteiger partial charge in [0, 0.05) is 68.2 Å². The number of nitro groups is 1. The van der Waals surface area contributed by atoms with Gasteiger partial charge in [-0.3, -0.25) is 10.1 Å². The highest BCUT2D eigenvalue weighted by molar-refractivity contribution is 6.83. The summed E-state index contributed by atoms with van der Waals surface area (Å²) in [4.78, 5) is 24.7. The molecule has 42 heavy (non-hydrogen) atoms. The minimum Gasteiger partial charge on any atom is -0.494 e. The average molecular weight is 588 g/mol. The predicted octanol–water partition coefficient (Wildman–Crippen LogP) is 6.57. The molecule has 0 saturated heterocycles. The lowest BCUT2D eigenvalue weighted by Crippen LogP contribution is -2.28. The Labute approximate surface area is 248 Å². The number of methoxy groups -OCH3 is 1. The smallest absolute Gasteiger partial charge is 0.294 e. The fraction of sp³-hybridized carbons (Fsp3) is 0.355. The van der Waals surface area contributed by atoms with Crippen LogP contribution in [-0.2, 0) is 7.05 Å². The molecule has 11 heteroatoms. The maximum Gasteiger partial charge on any atom is 0.294 e. The standard InChI is InChI=1S/C31H41N7O3Si/c1-21(42(7,8)9)16-22-10-11-23-24(20-37(5)27(23)17-22)25-12-13-32-31(33-25)34-26-18-29(38(39)40)28(19-30(26)41-6)36(4)15-14-35(2)3/h10-13,16-20H,14-15H2,1-9H3,(H,32,33,34)/b21-16-. The Hall–Kier alpha value is -4.22. The largest absolute Gasteiger partial charge is 0.494 e. The van der Waals surface area contributed by atoms with Crippen molar-refractivity contribution in [1.82, 2.24) is 19.4 Å². The van der Waals surface area contributed by atoms with E-state index in [-0.39, 0.29) is 10.6 Å². The summed E-state index contributed by atoms with van der Waals surface area (Å²) in [6.45, 7) is 10.7. The van der Waals surface area contributed by atoms with Gasteiger partial charge >= 0.3 is 0 Å². The first-order valence-electron chi connectivity index (χ1n) is 13.9. The van der Waals surface area contributed by atoms with Crippen molar-refractivity contribution in [3.05, 3.63) is 69.7 Å². The quantitative estimate of drug-likeness (QED) is 0.119. The van der Waals surface area contributed by atoms with E-state index in [1.165, 1.54) is 23.9 Å². The molecule has 10 nitrogen and oxygen atoms in total. The van der Waals surface area contributed by atoms with Crippen LogP contribution < -0.4 is 15.0 Å². The van der Waals surface area contributed by atoms with Crippen molar-refractivity contribution in [2.75, 3.05) is 51.6 Å². The number of likely N-dealkylation sites (N-methyl/N-ethyl adjacent to an activating group) is 2. The first-order valence-corrected chi connectivity index (χ1v) is 17.4. The van der Waals surface area contributed by atoms with Crippen molar-refractivity contribution in [2.24, 2.45) is 7.05 Å². The van der Waals surface area contributed by atoms with Gasteiger partial charge in [-0.2, -0.15) is 0 Å². The summed E-state index contributed by atoms with van der Waals surface area (Å²) in [6.07, 6.45) is 6.05.